The molecule has 0 bridgehead atoms. The molecule has 0 radical (unpaired) electrons. The predicted molar refractivity (Wildman–Crippen MR) is 61.7 cm³/mol. The molecule has 1 aliphatic rings. The largest absolute Gasteiger partial charge is 0.377 e. The molecule has 2 rings (SSSR count). The number of hydrogen-bond donors (Lipinski definition) is 1. The van der Waals surface area contributed by atoms with E-state index in [4.69, 9.17) is 4.74 Å². The summed E-state index contributed by atoms with van der Waals surface area (Å²) in [5, 5.41) is 3.44. The van der Waals surface area contributed by atoms with Gasteiger partial charge in [-0.25, -0.2) is 0 Å². The van der Waals surface area contributed by atoms with Crippen LogP contribution >= 0.6 is 0 Å². The van der Waals surface area contributed by atoms with E-state index in [2.05, 4.69) is 24.4 Å². The zero-order valence-electron chi connectivity index (χ0n) is 9.28. The average molecular weight is 205 g/mol. The molecule has 1 aliphatic heterocycles. The van der Waals surface area contributed by atoms with E-state index in [1.807, 2.05) is 18.2 Å². The molecule has 2 nitrogen and oxygen atoms in total. The van der Waals surface area contributed by atoms with Crippen LogP contribution in [-0.4, -0.2) is 18.7 Å². The predicted octanol–water partition coefficient (Wildman–Crippen LogP) is 2.34. The standard InChI is InChI=1S/C13H19NO/c1-2-12-13(14-12)8-9-15-10-11-6-4-3-5-7-11/h3-7,12-14H,2,8-10H2,1H3/t12-,13+/m0/s1. The Morgan fingerprint density at radius 1 is 1.20 bits per heavy atom. The van der Waals surface area contributed by atoms with Crippen LogP contribution in [0.1, 0.15) is 25.3 Å². The molecule has 0 saturated carbocycles. The smallest absolute Gasteiger partial charge is 0.0716 e. The quantitative estimate of drug-likeness (QED) is 0.571. The van der Waals surface area contributed by atoms with Crippen molar-refractivity contribution >= 4 is 0 Å². The number of rotatable bonds is 6. The fourth-order valence-corrected chi connectivity index (χ4v) is 1.88. The van der Waals surface area contributed by atoms with Crippen LogP contribution in [0, 0.1) is 0 Å². The van der Waals surface area contributed by atoms with E-state index >= 15 is 0 Å². The lowest BCUT2D eigenvalue weighted by Crippen LogP contribution is -2.01. The van der Waals surface area contributed by atoms with Crippen molar-refractivity contribution in [2.75, 3.05) is 6.61 Å². The summed E-state index contributed by atoms with van der Waals surface area (Å²) in [5.74, 6) is 0. The van der Waals surface area contributed by atoms with Crippen LogP contribution in [0.4, 0.5) is 0 Å². The van der Waals surface area contributed by atoms with Crippen molar-refractivity contribution in [3.8, 4) is 0 Å². The van der Waals surface area contributed by atoms with Crippen LogP contribution in [0.15, 0.2) is 30.3 Å². The van der Waals surface area contributed by atoms with Gasteiger partial charge in [0.15, 0.2) is 0 Å². The van der Waals surface area contributed by atoms with Gasteiger partial charge in [0, 0.05) is 18.7 Å². The average Bonchev–Trinajstić information content (AvgIpc) is 3.05. The van der Waals surface area contributed by atoms with Gasteiger partial charge in [-0.05, 0) is 18.4 Å². The van der Waals surface area contributed by atoms with E-state index in [1.165, 1.54) is 12.0 Å². The van der Waals surface area contributed by atoms with E-state index in [-0.39, 0.29) is 0 Å². The van der Waals surface area contributed by atoms with Crippen molar-refractivity contribution in [3.63, 3.8) is 0 Å². The molecule has 0 unspecified atom stereocenters. The zero-order chi connectivity index (χ0) is 10.5. The Bertz CT molecular complexity index is 286. The molecule has 2 atom stereocenters. The molecular weight excluding hydrogens is 186 g/mol. The molecule has 1 saturated heterocycles. The molecule has 1 aromatic rings. The van der Waals surface area contributed by atoms with Crippen molar-refractivity contribution in [1.29, 1.82) is 0 Å². The Balaban J connectivity index is 1.56. The number of benzene rings is 1. The zero-order valence-corrected chi connectivity index (χ0v) is 9.28. The lowest BCUT2D eigenvalue weighted by atomic mass is 10.2. The Morgan fingerprint density at radius 3 is 2.67 bits per heavy atom. The summed E-state index contributed by atoms with van der Waals surface area (Å²) in [7, 11) is 0. The van der Waals surface area contributed by atoms with Crippen LogP contribution < -0.4 is 5.32 Å². The highest BCUT2D eigenvalue weighted by Gasteiger charge is 2.33. The summed E-state index contributed by atoms with van der Waals surface area (Å²) in [6.07, 6.45) is 2.38. The maximum atomic E-state index is 5.62. The molecule has 2 heteroatoms. The minimum atomic E-state index is 0.714. The Labute approximate surface area is 91.6 Å². The van der Waals surface area contributed by atoms with Gasteiger partial charge in [0.05, 0.1) is 6.61 Å². The van der Waals surface area contributed by atoms with Gasteiger partial charge in [0.25, 0.3) is 0 Å². The Kier molecular flexibility index (Phi) is 3.75. The second-order valence-corrected chi connectivity index (χ2v) is 4.11. The Hall–Kier alpha value is -0.860. The first-order valence-electron chi connectivity index (χ1n) is 5.78. The molecule has 1 N–H and O–H groups in total. The molecule has 1 fully saturated rings. The van der Waals surface area contributed by atoms with Crippen molar-refractivity contribution in [3.05, 3.63) is 35.9 Å². The normalized spacial score (nSPS) is 24.1. The second kappa shape index (κ2) is 5.29. The summed E-state index contributed by atoms with van der Waals surface area (Å²) in [5.41, 5.74) is 1.26. The van der Waals surface area contributed by atoms with Crippen molar-refractivity contribution < 1.29 is 4.74 Å². The van der Waals surface area contributed by atoms with Gasteiger partial charge in [-0.3, -0.25) is 0 Å². The monoisotopic (exact) mass is 205 g/mol. The van der Waals surface area contributed by atoms with Crippen LogP contribution in [0.5, 0.6) is 0 Å². The first kappa shape index (κ1) is 10.7. The van der Waals surface area contributed by atoms with Crippen molar-refractivity contribution in [2.45, 2.75) is 38.5 Å². The second-order valence-electron chi connectivity index (χ2n) is 4.11. The highest BCUT2D eigenvalue weighted by Crippen LogP contribution is 2.17. The molecule has 0 aromatic heterocycles. The Morgan fingerprint density at radius 2 is 2.00 bits per heavy atom. The van der Waals surface area contributed by atoms with Crippen LogP contribution in [-0.2, 0) is 11.3 Å². The third-order valence-electron chi connectivity index (χ3n) is 2.93. The summed E-state index contributed by atoms with van der Waals surface area (Å²) >= 11 is 0. The molecule has 0 aliphatic carbocycles. The fraction of sp³-hybridized carbons (Fsp3) is 0.538. The topological polar surface area (TPSA) is 31.2 Å². The third kappa shape index (κ3) is 3.33. The number of ether oxygens (including phenoxy) is 1. The van der Waals surface area contributed by atoms with Crippen molar-refractivity contribution in [2.24, 2.45) is 0 Å². The van der Waals surface area contributed by atoms with Gasteiger partial charge in [0.2, 0.25) is 0 Å². The number of nitrogens with one attached hydrogen (secondary N) is 1. The van der Waals surface area contributed by atoms with Gasteiger partial charge in [-0.1, -0.05) is 37.3 Å². The third-order valence-corrected chi connectivity index (χ3v) is 2.93. The highest BCUT2D eigenvalue weighted by atomic mass is 16.5. The lowest BCUT2D eigenvalue weighted by Gasteiger charge is -2.03. The molecule has 1 aromatic carbocycles. The van der Waals surface area contributed by atoms with Crippen LogP contribution in [0.2, 0.25) is 0 Å². The number of hydrogen-bond acceptors (Lipinski definition) is 2. The molecule has 15 heavy (non-hydrogen) atoms. The summed E-state index contributed by atoms with van der Waals surface area (Å²) in [6.45, 7) is 3.83. The van der Waals surface area contributed by atoms with E-state index in [9.17, 15) is 0 Å². The van der Waals surface area contributed by atoms with E-state index in [0.29, 0.717) is 6.04 Å². The lowest BCUT2D eigenvalue weighted by molar-refractivity contribution is 0.118. The van der Waals surface area contributed by atoms with Gasteiger partial charge in [0.1, 0.15) is 0 Å². The first-order valence-corrected chi connectivity index (χ1v) is 5.78. The first-order chi connectivity index (χ1) is 7.40. The highest BCUT2D eigenvalue weighted by molar-refractivity contribution is 5.13. The van der Waals surface area contributed by atoms with Crippen molar-refractivity contribution in [1.82, 2.24) is 5.32 Å². The summed E-state index contributed by atoms with van der Waals surface area (Å²) in [4.78, 5) is 0. The maximum absolute atomic E-state index is 5.62. The van der Waals surface area contributed by atoms with Gasteiger partial charge in [-0.15, -0.1) is 0 Å². The van der Waals surface area contributed by atoms with E-state index in [0.717, 1.165) is 25.7 Å². The van der Waals surface area contributed by atoms with Gasteiger partial charge in [-0.2, -0.15) is 0 Å². The van der Waals surface area contributed by atoms with Crippen LogP contribution in [0.3, 0.4) is 0 Å². The fourth-order valence-electron chi connectivity index (χ4n) is 1.88. The van der Waals surface area contributed by atoms with Gasteiger partial charge < -0.3 is 10.1 Å². The summed E-state index contributed by atoms with van der Waals surface area (Å²) in [6, 6.07) is 11.8. The van der Waals surface area contributed by atoms with Gasteiger partial charge >= 0.3 is 0 Å². The summed E-state index contributed by atoms with van der Waals surface area (Å²) < 4.78 is 5.62. The van der Waals surface area contributed by atoms with E-state index < -0.39 is 0 Å². The molecule has 0 spiro atoms. The van der Waals surface area contributed by atoms with Crippen LogP contribution in [0.25, 0.3) is 0 Å². The SMILES string of the molecule is CC[C@@H]1N[C@@H]1CCOCc1ccccc1. The molecule has 1 heterocycles. The molecule has 0 amide bonds. The maximum Gasteiger partial charge on any atom is 0.0716 e. The minimum Gasteiger partial charge on any atom is -0.377 e. The minimum absolute atomic E-state index is 0.714. The molecule has 82 valence electrons. The van der Waals surface area contributed by atoms with E-state index in [1.54, 1.807) is 0 Å². The molecular formula is C13H19NO.